The second kappa shape index (κ2) is 17.6. The fourth-order valence-electron chi connectivity index (χ4n) is 6.90. The van der Waals surface area contributed by atoms with Crippen LogP contribution in [0.2, 0.25) is 0 Å². The lowest BCUT2D eigenvalue weighted by molar-refractivity contribution is -0.159. The van der Waals surface area contributed by atoms with E-state index in [-0.39, 0.29) is 23.5 Å². The molecule has 3 aromatic rings. The molecule has 0 heterocycles. The normalized spacial score (nSPS) is 24.0. The number of nitrogens with zero attached hydrogens (tertiary/aromatic N) is 1. The van der Waals surface area contributed by atoms with E-state index in [2.05, 4.69) is 18.4 Å². The van der Waals surface area contributed by atoms with E-state index < -0.39 is 92.2 Å². The fraction of sp³-hybridized carbons (Fsp3) is 0.263. The highest BCUT2D eigenvalue weighted by Crippen LogP contribution is 2.57. The number of likely N-dealkylation sites (N-methyl/N-ethyl adjacent to an activating group) is 1. The van der Waals surface area contributed by atoms with Gasteiger partial charge in [-0.05, 0) is 56.8 Å². The molecule has 0 aromatic heterocycles. The number of phenolic OH excluding ortho intramolecular Hbond substituents is 1. The molecule has 56 heavy (non-hydrogen) atoms. The molecule has 6 atom stereocenters. The molecule has 0 saturated heterocycles. The van der Waals surface area contributed by atoms with Crippen molar-refractivity contribution in [2.45, 2.75) is 36.7 Å². The highest BCUT2D eigenvalue weighted by molar-refractivity contribution is 7.96. The number of carbonyl (C=O) groups excluding carboxylic acids is 6. The molecule has 14 N–H and O–H groups in total. The number of hydrogen-bond donors (Lipinski definition) is 11. The molecule has 18 heteroatoms. The maximum absolute atomic E-state index is 13.7. The van der Waals surface area contributed by atoms with E-state index in [0.717, 1.165) is 0 Å². The van der Waals surface area contributed by atoms with Crippen molar-refractivity contribution in [1.29, 1.82) is 0 Å². The Morgan fingerprint density at radius 2 is 1.34 bits per heavy atom. The largest absolute Gasteiger partial charge is 0.508 e. The summed E-state index contributed by atoms with van der Waals surface area (Å²) in [5.74, 6) is -9.00. The summed E-state index contributed by atoms with van der Waals surface area (Å²) < 4.78 is 0. The molecule has 3 aliphatic rings. The van der Waals surface area contributed by atoms with Crippen molar-refractivity contribution < 1.29 is 59.4 Å². The lowest BCUT2D eigenvalue weighted by Crippen LogP contribution is -2.67. The van der Waals surface area contributed by atoms with Crippen LogP contribution in [0, 0.1) is 11.8 Å². The minimum absolute atomic E-state index is 0.170. The molecular weight excluding hydrogens is 751 g/mol. The second-order valence-corrected chi connectivity index (χ2v) is 13.7. The first-order valence-corrected chi connectivity index (χ1v) is 17.0. The molecule has 1 fully saturated rings. The van der Waals surface area contributed by atoms with Gasteiger partial charge in [-0.15, -0.1) is 0 Å². The number of phenols is 1. The smallest absolute Gasteiger partial charge is 0.273 e. The van der Waals surface area contributed by atoms with Crippen LogP contribution in [0.1, 0.15) is 46.5 Å². The molecule has 298 valence electrons. The minimum atomic E-state index is -2.75. The molecule has 0 aliphatic heterocycles. The van der Waals surface area contributed by atoms with Gasteiger partial charge in [-0.25, -0.2) is 0 Å². The van der Waals surface area contributed by atoms with Crippen molar-refractivity contribution in [3.8, 4) is 5.75 Å². The van der Waals surface area contributed by atoms with Gasteiger partial charge in [0.2, 0.25) is 11.7 Å². The Kier molecular flexibility index (Phi) is 13.9. The highest BCUT2D eigenvalue weighted by atomic mass is 32.1. The van der Waals surface area contributed by atoms with Gasteiger partial charge in [-0.3, -0.25) is 33.7 Å². The molecule has 3 aromatic carbocycles. The molecule has 6 rings (SSSR count). The number of carbonyl (C=O) groups is 6. The van der Waals surface area contributed by atoms with Crippen molar-refractivity contribution in [1.82, 2.24) is 4.90 Å². The Morgan fingerprint density at radius 1 is 0.821 bits per heavy atom. The van der Waals surface area contributed by atoms with Gasteiger partial charge in [0.25, 0.3) is 17.1 Å². The third-order valence-corrected chi connectivity index (χ3v) is 9.46. The molecule has 3 aliphatic carbocycles. The lowest BCUT2D eigenvalue weighted by atomic mass is 9.54. The van der Waals surface area contributed by atoms with E-state index in [1.165, 1.54) is 44.1 Å². The van der Waals surface area contributed by atoms with Gasteiger partial charge < -0.3 is 53.6 Å². The van der Waals surface area contributed by atoms with Gasteiger partial charge in [0.1, 0.15) is 22.8 Å². The van der Waals surface area contributed by atoms with Crippen LogP contribution in [-0.4, -0.2) is 95.8 Å². The molecule has 0 spiro atoms. The number of fused-ring (bicyclic) bond motifs is 3. The van der Waals surface area contributed by atoms with Crippen LogP contribution in [0.15, 0.2) is 95.8 Å². The van der Waals surface area contributed by atoms with E-state index in [0.29, 0.717) is 11.1 Å². The number of ketones is 2. The third-order valence-electron chi connectivity index (χ3n) is 9.46. The van der Waals surface area contributed by atoms with E-state index in [9.17, 15) is 49.5 Å². The number of aliphatic hydroxyl groups is 5. The predicted molar refractivity (Wildman–Crippen MR) is 204 cm³/mol. The SMILES string of the molecule is CN(C)[C@@H]1C(=O)C(C(N)=O)=C(O)[C@@]2(O)C(=O)C3=C(O)c4c(O)cccc4[C@@](C)(O)[C@H]3C[C@@H]12.NC(=O)C(O)c1ccccc1.NC(=O)S.NC(=O)c1ccccc1. The average molecular weight is 794 g/mol. The summed E-state index contributed by atoms with van der Waals surface area (Å²) in [4.78, 5) is 70.0. The number of primary amides is 4. The van der Waals surface area contributed by atoms with Crippen LogP contribution in [-0.2, 0) is 24.8 Å². The standard InChI is InChI=1S/C22H24N2O8.C8H9NO2.C7H7NO.CH3NOS/c1-21(31)8-5-4-6-11(25)12(8)16(26)13-9(21)7-10-15(24(2)3)17(27)14(20(23)30)19(29)22(10,32)18(13)28;9-8(11)7(10)6-4-2-1-3-5-6;8-7(9)6-4-2-1-3-5-6;2-1(3)4/h4-6,9-10,15,25-26,29,31-32H,7H2,1-3H3,(H2,23,30);1-5,7,10H,(H2,9,11);1-5H,(H2,8,9);(H3,2,3,4)/t9-,10-,15-,21+,22-;;;/m0.../s1. The number of thiol groups is 1. The number of benzene rings is 3. The molecule has 0 bridgehead atoms. The quantitative estimate of drug-likeness (QED) is 0.125. The van der Waals surface area contributed by atoms with Crippen molar-refractivity contribution in [3.63, 3.8) is 0 Å². The molecule has 4 amide bonds. The number of amides is 4. The first-order valence-electron chi connectivity index (χ1n) is 16.6. The number of Topliss-reactive ketones (excluding diaryl/α,β-unsaturated/α-hetero) is 2. The maximum atomic E-state index is 13.7. The first kappa shape index (κ1) is 44.3. The van der Waals surface area contributed by atoms with E-state index in [1.807, 2.05) is 6.07 Å². The number of aliphatic hydroxyl groups excluding tert-OH is 3. The van der Waals surface area contributed by atoms with Crippen LogP contribution < -0.4 is 22.9 Å². The average Bonchev–Trinajstić information content (AvgIpc) is 3.12. The predicted octanol–water partition coefficient (Wildman–Crippen LogP) is 0.615. The summed E-state index contributed by atoms with van der Waals surface area (Å²) >= 11 is 3.10. The first-order chi connectivity index (χ1) is 26.0. The number of aromatic hydroxyl groups is 1. The van der Waals surface area contributed by atoms with Crippen molar-refractivity contribution in [2.75, 3.05) is 14.1 Å². The zero-order valence-electron chi connectivity index (χ0n) is 30.4. The topological polar surface area (TPSA) is 331 Å². The van der Waals surface area contributed by atoms with Crippen molar-refractivity contribution in [3.05, 3.63) is 118 Å². The summed E-state index contributed by atoms with van der Waals surface area (Å²) in [5.41, 5.74) is 14.7. The van der Waals surface area contributed by atoms with Gasteiger partial charge in [0, 0.05) is 23.0 Å². The zero-order chi connectivity index (χ0) is 42.4. The molecule has 17 nitrogen and oxygen atoms in total. The van der Waals surface area contributed by atoms with Crippen LogP contribution in [0.3, 0.4) is 0 Å². The second-order valence-electron chi connectivity index (χ2n) is 13.2. The molecule has 1 unspecified atom stereocenters. The van der Waals surface area contributed by atoms with Gasteiger partial charge in [-0.1, -0.05) is 73.3 Å². The Morgan fingerprint density at radius 3 is 1.79 bits per heavy atom. The Hall–Kier alpha value is -6.05. The summed E-state index contributed by atoms with van der Waals surface area (Å²) in [6.45, 7) is 1.40. The summed E-state index contributed by atoms with van der Waals surface area (Å²) in [7, 11) is 3.01. The van der Waals surface area contributed by atoms with E-state index >= 15 is 0 Å². The van der Waals surface area contributed by atoms with Crippen LogP contribution >= 0.6 is 12.6 Å². The number of nitrogens with two attached hydrogens (primary N) is 4. The molecule has 0 radical (unpaired) electrons. The molecular formula is C38H43N5O12S. The minimum Gasteiger partial charge on any atom is -0.508 e. The number of hydrogen-bond acceptors (Lipinski definition) is 13. The lowest BCUT2D eigenvalue weighted by Gasteiger charge is -2.53. The van der Waals surface area contributed by atoms with E-state index in [4.69, 9.17) is 27.1 Å². The summed E-state index contributed by atoms with van der Waals surface area (Å²) in [6.07, 6.45) is -1.38. The van der Waals surface area contributed by atoms with Gasteiger partial charge in [0.15, 0.2) is 17.5 Å². The maximum Gasteiger partial charge on any atom is 0.273 e. The Bertz CT molecular complexity index is 2080. The van der Waals surface area contributed by atoms with Crippen molar-refractivity contribution in [2.24, 2.45) is 34.8 Å². The fourth-order valence-corrected chi connectivity index (χ4v) is 6.90. The number of rotatable bonds is 5. The highest BCUT2D eigenvalue weighted by Gasteiger charge is 2.66. The molecule has 1 saturated carbocycles. The Labute approximate surface area is 325 Å². The summed E-state index contributed by atoms with van der Waals surface area (Å²) in [5, 5.41) is 63.4. The van der Waals surface area contributed by atoms with Crippen LogP contribution in [0.5, 0.6) is 5.75 Å². The third kappa shape index (κ3) is 8.74. The Balaban J connectivity index is 0.000000283. The van der Waals surface area contributed by atoms with Crippen LogP contribution in [0.25, 0.3) is 5.76 Å². The summed E-state index contributed by atoms with van der Waals surface area (Å²) in [6, 6.07) is 20.4. The zero-order valence-corrected chi connectivity index (χ0v) is 31.3. The van der Waals surface area contributed by atoms with E-state index in [1.54, 1.807) is 54.6 Å². The van der Waals surface area contributed by atoms with Crippen molar-refractivity contribution >= 4 is 52.9 Å². The van der Waals surface area contributed by atoms with Gasteiger partial charge in [-0.2, -0.15) is 0 Å². The monoisotopic (exact) mass is 793 g/mol. The van der Waals surface area contributed by atoms with Crippen LogP contribution in [0.4, 0.5) is 4.79 Å². The van der Waals surface area contributed by atoms with Gasteiger partial charge >= 0.3 is 0 Å². The van der Waals surface area contributed by atoms with Gasteiger partial charge in [0.05, 0.1) is 17.2 Å².